The van der Waals surface area contributed by atoms with Gasteiger partial charge in [0.1, 0.15) is 53.9 Å². The van der Waals surface area contributed by atoms with Gasteiger partial charge in [0, 0.05) is 66.2 Å². The van der Waals surface area contributed by atoms with Gasteiger partial charge in [-0.05, 0) is 127 Å². The van der Waals surface area contributed by atoms with Crippen LogP contribution >= 0.6 is 11.6 Å². The number of carbonyl (C=O) groups is 11. The van der Waals surface area contributed by atoms with E-state index in [2.05, 4.69) is 21.3 Å². The van der Waals surface area contributed by atoms with E-state index in [-0.39, 0.29) is 114 Å². The van der Waals surface area contributed by atoms with E-state index in [4.69, 9.17) is 16.3 Å². The van der Waals surface area contributed by atoms with Gasteiger partial charge in [0.05, 0.1) is 31.3 Å². The van der Waals surface area contributed by atoms with E-state index in [9.17, 15) is 42.3 Å². The molecule has 3 aliphatic carbocycles. The number of ether oxygens (including phenoxy) is 1. The third-order valence-electron chi connectivity index (χ3n) is 21.6. The molecule has 3 aliphatic heterocycles. The van der Waals surface area contributed by atoms with Crippen LogP contribution in [0, 0.1) is 35.5 Å². The highest BCUT2D eigenvalue weighted by molar-refractivity contribution is 6.20. The summed E-state index contributed by atoms with van der Waals surface area (Å²) in [5.74, 6) is -10.1. The number of alkyl halides is 4. The lowest BCUT2D eigenvalue weighted by atomic mass is 9.78. The molecule has 0 bridgehead atoms. The van der Waals surface area contributed by atoms with E-state index >= 15 is 28.8 Å². The Morgan fingerprint density at radius 3 is 1.85 bits per heavy atom. The Hall–Kier alpha value is -5.83. The number of carbonyl (C=O) groups excluding carboxylic acids is 11. The molecule has 6 fully saturated rings. The summed E-state index contributed by atoms with van der Waals surface area (Å²) in [6, 6.07) is -10.4. The number of halogens is 4. The van der Waals surface area contributed by atoms with Crippen LogP contribution in [0.1, 0.15) is 197 Å². The zero-order valence-electron chi connectivity index (χ0n) is 60.6. The van der Waals surface area contributed by atoms with Crippen molar-refractivity contribution in [3.05, 3.63) is 0 Å². The summed E-state index contributed by atoms with van der Waals surface area (Å²) < 4.78 is 47.9. The van der Waals surface area contributed by atoms with Crippen LogP contribution in [0.4, 0.5) is 13.2 Å². The number of rotatable bonds is 14. The van der Waals surface area contributed by atoms with Gasteiger partial charge in [-0.1, -0.05) is 92.9 Å². The number of hydrogen-bond donors (Lipinski definition) is 5. The first kappa shape index (κ1) is 81.1. The van der Waals surface area contributed by atoms with Crippen molar-refractivity contribution in [3.8, 4) is 0 Å². The maximum absolute atomic E-state index is 15.2. The summed E-state index contributed by atoms with van der Waals surface area (Å²) in [5.41, 5.74) is -2.85. The molecule has 5 N–H and O–H groups in total. The third kappa shape index (κ3) is 20.7. The van der Waals surface area contributed by atoms with Crippen molar-refractivity contribution in [1.29, 1.82) is 0 Å². The molecule has 6 aliphatic rings. The second kappa shape index (κ2) is 35.2. The number of nitrogens with one attached hydrogen (secondary N) is 4. The Morgan fingerprint density at radius 2 is 1.28 bits per heavy atom. The fourth-order valence-corrected chi connectivity index (χ4v) is 16.0. The Bertz CT molecular complexity index is 2820. The molecule has 11 amide bonds. The monoisotopic (exact) mass is 1410 g/mol. The lowest BCUT2D eigenvalue weighted by Gasteiger charge is -2.46. The van der Waals surface area contributed by atoms with Crippen molar-refractivity contribution in [2.45, 2.75) is 274 Å². The molecule has 3 heterocycles. The molecule has 3 unspecified atom stereocenters. The molecule has 28 heteroatoms. The van der Waals surface area contributed by atoms with Crippen molar-refractivity contribution in [1.82, 2.24) is 55.6 Å². The predicted octanol–water partition coefficient (Wildman–Crippen LogP) is 5.52. The maximum atomic E-state index is 15.2. The molecule has 13 atom stereocenters. The Labute approximate surface area is 583 Å². The van der Waals surface area contributed by atoms with Gasteiger partial charge in [-0.2, -0.15) is 13.2 Å². The van der Waals surface area contributed by atoms with Gasteiger partial charge in [-0.15, -0.1) is 11.6 Å². The summed E-state index contributed by atoms with van der Waals surface area (Å²) in [4.78, 5) is 173. The summed E-state index contributed by atoms with van der Waals surface area (Å²) >= 11 is 6.39. The minimum absolute atomic E-state index is 0.00162. The molecular formula is C70H115ClF3N11O13. The van der Waals surface area contributed by atoms with Crippen LogP contribution in [0.25, 0.3) is 0 Å². The van der Waals surface area contributed by atoms with E-state index < -0.39 is 173 Å². The second-order valence-electron chi connectivity index (χ2n) is 30.8. The molecule has 0 radical (unpaired) electrons. The molecule has 0 aromatic heterocycles. The summed E-state index contributed by atoms with van der Waals surface area (Å²) in [6.07, 6.45) is 2.63. The minimum Gasteiger partial charge on any atom is -0.388 e. The Balaban J connectivity index is 1.40. The first-order valence-corrected chi connectivity index (χ1v) is 36.4. The fraction of sp³-hybridized carbons (Fsp3) is 0.843. The van der Waals surface area contributed by atoms with Crippen LogP contribution in [0.3, 0.4) is 0 Å². The molecule has 1 spiro atoms. The first-order valence-electron chi connectivity index (χ1n) is 36.0. The molecule has 3 saturated heterocycles. The van der Waals surface area contributed by atoms with Crippen LogP contribution in [-0.2, 0) is 57.5 Å². The quantitative estimate of drug-likeness (QED) is 0.134. The lowest BCUT2D eigenvalue weighted by Crippen LogP contribution is -2.66. The van der Waals surface area contributed by atoms with Gasteiger partial charge in [-0.25, -0.2) is 0 Å². The standard InChI is InChI=1S/C70H115ClF3N11O13/c1-15-43(6)57-66(95)82(13)54(39-98-40-68(8,9)97)65(94)85-33-29-51(85)64(93)81(12)53(37-45-22-17-16-18-23-45)63(92)79(10)38-55(86)76-49(28-26-46-25-27-47(48(71)36-46)70(72,73)74)62(91)84-32-21-24-50(84)60(89)78-69(30-19-20-31-69)67(96)83(14)58(42(4)5)61(90)75-44(7)35-56(87)80(11)52(34-41(2)3)59(88)77-57/h41-54,57-58,97H,15-40H2,1-14H3,(H,75,90)(H,76,86)(H,77,88)(H,78,89)/t43-,44+,46?,47?,48?,49-,50-,51-,52-,53-,54-,57-,58-/m0/s1. The fourth-order valence-electron chi connectivity index (χ4n) is 15.4. The van der Waals surface area contributed by atoms with Gasteiger partial charge in [0.2, 0.25) is 65.0 Å². The molecule has 0 aromatic rings. The lowest BCUT2D eigenvalue weighted by molar-refractivity contribution is -0.182. The highest BCUT2D eigenvalue weighted by Gasteiger charge is 2.52. The first-order chi connectivity index (χ1) is 45.8. The van der Waals surface area contributed by atoms with Crippen molar-refractivity contribution < 1.29 is 75.8 Å². The van der Waals surface area contributed by atoms with E-state index in [1.165, 1.54) is 83.4 Å². The summed E-state index contributed by atoms with van der Waals surface area (Å²) in [6.45, 7) is 14.4. The molecule has 3 saturated carbocycles. The van der Waals surface area contributed by atoms with Crippen LogP contribution < -0.4 is 21.3 Å². The van der Waals surface area contributed by atoms with Gasteiger partial charge < -0.3 is 65.4 Å². The topological polar surface area (TPSA) is 288 Å². The zero-order chi connectivity index (χ0) is 73.1. The zero-order valence-corrected chi connectivity index (χ0v) is 61.4. The smallest absolute Gasteiger partial charge is 0.388 e. The van der Waals surface area contributed by atoms with Gasteiger partial charge in [-0.3, -0.25) is 52.7 Å². The van der Waals surface area contributed by atoms with Crippen molar-refractivity contribution in [2.75, 3.05) is 68.1 Å². The number of aliphatic hydroxyl groups is 1. The maximum Gasteiger partial charge on any atom is 0.393 e. The SMILES string of the molecule is CC[C@H](C)[C@@H]1NC(=O)[C@H](CC(C)C)N(C)C(=O)C[C@@H](C)NC(=O)[C@H](C(C)C)N(C)C(=O)C2(CCCC2)NC(=O)[C@@H]2CCCN2C(=O)[C@H](CCC2CCC(C(F)(F)F)C(Cl)C2)NC(=O)CN(C)C(=O)[C@H](CC2CCCCC2)N(C)C(=O)[C@@H]2CCN2C(=O)[C@H](COCC(C)(C)O)N(C)C1=O. The Kier molecular flexibility index (Phi) is 29.1. The van der Waals surface area contributed by atoms with Crippen molar-refractivity contribution >= 4 is 76.6 Å². The number of nitrogens with zero attached hydrogens (tertiary/aromatic N) is 7. The van der Waals surface area contributed by atoms with Crippen LogP contribution in [0.5, 0.6) is 0 Å². The van der Waals surface area contributed by atoms with Crippen LogP contribution in [0.15, 0.2) is 0 Å². The average molecular weight is 1410 g/mol. The van der Waals surface area contributed by atoms with Crippen LogP contribution in [-0.4, -0.2) is 250 Å². The molecule has 98 heavy (non-hydrogen) atoms. The molecule has 0 aromatic carbocycles. The Morgan fingerprint density at radius 1 is 0.643 bits per heavy atom. The van der Waals surface area contributed by atoms with E-state index in [0.29, 0.717) is 25.7 Å². The minimum atomic E-state index is -4.51. The number of likely N-dealkylation sites (N-methyl/N-ethyl adjacent to an activating group) is 5. The normalized spacial score (nSPS) is 30.5. The molecule has 24 nitrogen and oxygen atoms in total. The summed E-state index contributed by atoms with van der Waals surface area (Å²) in [7, 11) is 7.22. The molecule has 6 rings (SSSR count). The van der Waals surface area contributed by atoms with E-state index in [1.807, 2.05) is 20.8 Å². The average Bonchev–Trinajstić information content (AvgIpc) is 1.22. The van der Waals surface area contributed by atoms with Gasteiger partial charge in [0.25, 0.3) is 0 Å². The highest BCUT2D eigenvalue weighted by atomic mass is 35.5. The van der Waals surface area contributed by atoms with Crippen molar-refractivity contribution in [3.63, 3.8) is 0 Å². The molecule has 556 valence electrons. The van der Waals surface area contributed by atoms with E-state index in [1.54, 1.807) is 27.7 Å². The van der Waals surface area contributed by atoms with E-state index in [0.717, 1.165) is 32.1 Å². The number of hydrogen-bond acceptors (Lipinski definition) is 13. The molecular weight excluding hydrogens is 1300 g/mol. The van der Waals surface area contributed by atoms with Crippen LogP contribution in [0.2, 0.25) is 0 Å². The second-order valence-corrected chi connectivity index (χ2v) is 31.3. The number of amides is 11. The van der Waals surface area contributed by atoms with Gasteiger partial charge >= 0.3 is 6.18 Å². The summed E-state index contributed by atoms with van der Waals surface area (Å²) in [5, 5.41) is 21.2. The van der Waals surface area contributed by atoms with Crippen molar-refractivity contribution in [2.24, 2.45) is 35.5 Å². The largest absolute Gasteiger partial charge is 0.393 e. The number of fused-ring (bicyclic) bond motifs is 2. The predicted molar refractivity (Wildman–Crippen MR) is 362 cm³/mol. The third-order valence-corrected chi connectivity index (χ3v) is 22.0. The van der Waals surface area contributed by atoms with Gasteiger partial charge in [0.15, 0.2) is 0 Å². The highest BCUT2D eigenvalue weighted by Crippen LogP contribution is 2.44.